The van der Waals surface area contributed by atoms with E-state index in [9.17, 15) is 4.79 Å². The minimum absolute atomic E-state index is 0.00882. The molecule has 136 valence electrons. The van der Waals surface area contributed by atoms with Gasteiger partial charge in [-0.15, -0.1) is 0 Å². The van der Waals surface area contributed by atoms with E-state index in [0.29, 0.717) is 19.0 Å². The van der Waals surface area contributed by atoms with Crippen LogP contribution in [0.5, 0.6) is 0 Å². The molecule has 0 fully saturated rings. The van der Waals surface area contributed by atoms with Gasteiger partial charge in [0.05, 0.1) is 17.6 Å². The van der Waals surface area contributed by atoms with Crippen molar-refractivity contribution in [3.8, 4) is 0 Å². The highest BCUT2D eigenvalue weighted by molar-refractivity contribution is 5.83. The number of aliphatic hydroxyl groups excluding tert-OH is 1. The Morgan fingerprint density at radius 1 is 1.04 bits per heavy atom. The molecule has 1 heterocycles. The SMILES string of the molecule is O=C(Cn1c(NCCO)nc2ccccc21)NCCCc1ccccc1. The number of fused-ring (bicyclic) bond motifs is 1. The summed E-state index contributed by atoms with van der Waals surface area (Å²) in [6, 6.07) is 17.9. The minimum Gasteiger partial charge on any atom is -0.395 e. The van der Waals surface area contributed by atoms with Crippen molar-refractivity contribution < 1.29 is 9.90 Å². The molecule has 0 aliphatic carbocycles. The number of amides is 1. The molecule has 0 unspecified atom stereocenters. The molecule has 0 aliphatic heterocycles. The Balaban J connectivity index is 1.57. The van der Waals surface area contributed by atoms with Gasteiger partial charge in [-0.2, -0.15) is 0 Å². The van der Waals surface area contributed by atoms with E-state index in [2.05, 4.69) is 27.8 Å². The smallest absolute Gasteiger partial charge is 0.240 e. The monoisotopic (exact) mass is 352 g/mol. The van der Waals surface area contributed by atoms with Crippen LogP contribution in [0.3, 0.4) is 0 Å². The van der Waals surface area contributed by atoms with Crippen molar-refractivity contribution in [3.63, 3.8) is 0 Å². The third kappa shape index (κ3) is 4.61. The zero-order valence-corrected chi connectivity index (χ0v) is 14.7. The number of rotatable bonds is 9. The van der Waals surface area contributed by atoms with E-state index in [1.54, 1.807) is 0 Å². The van der Waals surface area contributed by atoms with Crippen LogP contribution < -0.4 is 10.6 Å². The van der Waals surface area contributed by atoms with Crippen LogP contribution in [0, 0.1) is 0 Å². The molecule has 0 atom stereocenters. The molecule has 6 heteroatoms. The van der Waals surface area contributed by atoms with E-state index in [4.69, 9.17) is 5.11 Å². The van der Waals surface area contributed by atoms with Gasteiger partial charge in [-0.25, -0.2) is 4.98 Å². The summed E-state index contributed by atoms with van der Waals surface area (Å²) in [6.07, 6.45) is 1.84. The van der Waals surface area contributed by atoms with Crippen molar-refractivity contribution in [2.45, 2.75) is 19.4 Å². The fourth-order valence-electron chi connectivity index (χ4n) is 2.90. The van der Waals surface area contributed by atoms with Gasteiger partial charge in [-0.05, 0) is 30.5 Å². The molecule has 26 heavy (non-hydrogen) atoms. The second-order valence-electron chi connectivity index (χ2n) is 6.10. The number of aromatic nitrogens is 2. The van der Waals surface area contributed by atoms with E-state index >= 15 is 0 Å². The number of benzene rings is 2. The first-order chi connectivity index (χ1) is 12.8. The van der Waals surface area contributed by atoms with E-state index in [1.165, 1.54) is 5.56 Å². The maximum absolute atomic E-state index is 12.4. The summed E-state index contributed by atoms with van der Waals surface area (Å²) in [4.78, 5) is 16.9. The first-order valence-corrected chi connectivity index (χ1v) is 8.88. The van der Waals surface area contributed by atoms with Gasteiger partial charge in [0.2, 0.25) is 11.9 Å². The third-order valence-corrected chi connectivity index (χ3v) is 4.16. The zero-order chi connectivity index (χ0) is 18.2. The molecular weight excluding hydrogens is 328 g/mol. The summed E-state index contributed by atoms with van der Waals surface area (Å²) in [6.45, 7) is 1.23. The molecule has 0 spiro atoms. The molecule has 0 saturated carbocycles. The second kappa shape index (κ2) is 9.01. The number of aryl methyl sites for hydroxylation is 1. The van der Waals surface area contributed by atoms with Gasteiger partial charge in [0, 0.05) is 13.1 Å². The van der Waals surface area contributed by atoms with E-state index < -0.39 is 0 Å². The first kappa shape index (κ1) is 17.9. The number of para-hydroxylation sites is 2. The van der Waals surface area contributed by atoms with Crippen molar-refractivity contribution in [2.24, 2.45) is 0 Å². The standard InChI is InChI=1S/C20H24N4O2/c25-14-13-22-20-23-17-10-4-5-11-18(17)24(20)15-19(26)21-12-6-9-16-7-2-1-3-8-16/h1-5,7-8,10-11,25H,6,9,12-15H2,(H,21,26)(H,22,23). The highest BCUT2D eigenvalue weighted by Crippen LogP contribution is 2.19. The van der Waals surface area contributed by atoms with Crippen molar-refractivity contribution in [2.75, 3.05) is 25.0 Å². The van der Waals surface area contributed by atoms with Crippen LogP contribution in [0.2, 0.25) is 0 Å². The van der Waals surface area contributed by atoms with Crippen LogP contribution in [0.4, 0.5) is 5.95 Å². The van der Waals surface area contributed by atoms with Crippen LogP contribution in [-0.4, -0.2) is 40.3 Å². The highest BCUT2D eigenvalue weighted by Gasteiger charge is 2.13. The fourth-order valence-corrected chi connectivity index (χ4v) is 2.90. The van der Waals surface area contributed by atoms with Crippen molar-refractivity contribution >= 4 is 22.9 Å². The van der Waals surface area contributed by atoms with Crippen LogP contribution in [0.25, 0.3) is 11.0 Å². The summed E-state index contributed by atoms with van der Waals surface area (Å²) in [5.74, 6) is 0.549. The highest BCUT2D eigenvalue weighted by atomic mass is 16.3. The number of hydrogen-bond donors (Lipinski definition) is 3. The number of nitrogens with zero attached hydrogens (tertiary/aromatic N) is 2. The number of nitrogens with one attached hydrogen (secondary N) is 2. The van der Waals surface area contributed by atoms with Crippen LogP contribution >= 0.6 is 0 Å². The molecule has 2 aromatic carbocycles. The largest absolute Gasteiger partial charge is 0.395 e. The first-order valence-electron chi connectivity index (χ1n) is 8.88. The molecule has 3 rings (SSSR count). The lowest BCUT2D eigenvalue weighted by Gasteiger charge is -2.11. The van der Waals surface area contributed by atoms with E-state index in [0.717, 1.165) is 23.9 Å². The number of imidazole rings is 1. The van der Waals surface area contributed by atoms with Gasteiger partial charge in [0.25, 0.3) is 0 Å². The molecule has 0 bridgehead atoms. The van der Waals surface area contributed by atoms with Gasteiger partial charge in [0.1, 0.15) is 6.54 Å². The van der Waals surface area contributed by atoms with E-state index in [-0.39, 0.29) is 19.1 Å². The summed E-state index contributed by atoms with van der Waals surface area (Å²) >= 11 is 0. The van der Waals surface area contributed by atoms with Gasteiger partial charge < -0.3 is 20.3 Å². The summed E-state index contributed by atoms with van der Waals surface area (Å²) < 4.78 is 1.84. The van der Waals surface area contributed by atoms with Crippen molar-refractivity contribution in [1.29, 1.82) is 0 Å². The summed E-state index contributed by atoms with van der Waals surface area (Å²) in [5, 5.41) is 15.1. The van der Waals surface area contributed by atoms with Gasteiger partial charge in [-0.1, -0.05) is 42.5 Å². The van der Waals surface area contributed by atoms with E-state index in [1.807, 2.05) is 47.0 Å². The third-order valence-electron chi connectivity index (χ3n) is 4.16. The summed E-state index contributed by atoms with van der Waals surface area (Å²) in [5.41, 5.74) is 3.00. The lowest BCUT2D eigenvalue weighted by Crippen LogP contribution is -2.29. The van der Waals surface area contributed by atoms with Gasteiger partial charge >= 0.3 is 0 Å². The minimum atomic E-state index is -0.0479. The number of carbonyl (C=O) groups excluding carboxylic acids is 1. The Hall–Kier alpha value is -2.86. The Labute approximate surface area is 152 Å². The molecule has 1 amide bonds. The number of carbonyl (C=O) groups is 1. The molecule has 3 N–H and O–H groups in total. The zero-order valence-electron chi connectivity index (χ0n) is 14.7. The topological polar surface area (TPSA) is 79.2 Å². The Morgan fingerprint density at radius 3 is 2.62 bits per heavy atom. The normalized spacial score (nSPS) is 10.8. The average molecular weight is 352 g/mol. The summed E-state index contributed by atoms with van der Waals surface area (Å²) in [7, 11) is 0. The van der Waals surface area contributed by atoms with Crippen LogP contribution in [-0.2, 0) is 17.8 Å². The second-order valence-corrected chi connectivity index (χ2v) is 6.10. The molecule has 3 aromatic rings. The molecule has 0 saturated heterocycles. The molecule has 0 radical (unpaired) electrons. The maximum atomic E-state index is 12.4. The Kier molecular flexibility index (Phi) is 6.22. The Bertz CT molecular complexity index is 845. The molecule has 6 nitrogen and oxygen atoms in total. The van der Waals surface area contributed by atoms with Crippen LogP contribution in [0.1, 0.15) is 12.0 Å². The van der Waals surface area contributed by atoms with Crippen molar-refractivity contribution in [1.82, 2.24) is 14.9 Å². The number of anilines is 1. The van der Waals surface area contributed by atoms with Gasteiger partial charge in [0.15, 0.2) is 0 Å². The number of aliphatic hydroxyl groups is 1. The quantitative estimate of drug-likeness (QED) is 0.516. The molecular formula is C20H24N4O2. The predicted molar refractivity (Wildman–Crippen MR) is 103 cm³/mol. The van der Waals surface area contributed by atoms with Crippen LogP contribution in [0.15, 0.2) is 54.6 Å². The Morgan fingerprint density at radius 2 is 1.81 bits per heavy atom. The predicted octanol–water partition coefficient (Wildman–Crippen LogP) is 2.19. The lowest BCUT2D eigenvalue weighted by atomic mass is 10.1. The molecule has 0 aliphatic rings. The maximum Gasteiger partial charge on any atom is 0.240 e. The fraction of sp³-hybridized carbons (Fsp3) is 0.300. The van der Waals surface area contributed by atoms with Crippen molar-refractivity contribution in [3.05, 3.63) is 60.2 Å². The average Bonchev–Trinajstić information content (AvgIpc) is 3.02. The lowest BCUT2D eigenvalue weighted by molar-refractivity contribution is -0.121. The number of hydrogen-bond acceptors (Lipinski definition) is 4. The van der Waals surface area contributed by atoms with Gasteiger partial charge in [-0.3, -0.25) is 4.79 Å². The molecule has 1 aromatic heterocycles.